The van der Waals surface area contributed by atoms with Crippen molar-refractivity contribution in [3.05, 3.63) is 54.4 Å². The highest BCUT2D eigenvalue weighted by molar-refractivity contribution is 5.91. The van der Waals surface area contributed by atoms with Crippen molar-refractivity contribution < 1.29 is 14.3 Å². The van der Waals surface area contributed by atoms with Gasteiger partial charge < -0.3 is 14.8 Å². The zero-order chi connectivity index (χ0) is 20.0. The summed E-state index contributed by atoms with van der Waals surface area (Å²) in [4.78, 5) is 12.4. The molecule has 29 heavy (non-hydrogen) atoms. The van der Waals surface area contributed by atoms with Crippen LogP contribution in [0.3, 0.4) is 0 Å². The molecule has 5 rings (SSSR count). The lowest BCUT2D eigenvalue weighted by Gasteiger charge is -2.07. The average Bonchev–Trinajstić information content (AvgIpc) is 3.40. The van der Waals surface area contributed by atoms with Gasteiger partial charge in [-0.1, -0.05) is 12.1 Å². The number of rotatable bonds is 4. The number of benzene rings is 2. The fraction of sp³-hybridized carbons (Fsp3) is 0.190. The standard InChI is InChI=1S/C21H19N5O3/c1-13-7-20(25(2)24-13)23-21(27)11-26-17-5-3-14(8-16(17)10-22-26)15-4-6-18-19(9-15)29-12-28-18/h3-10H,11-12H2,1-2H3,(H,23,27). The number of aryl methyl sites for hydroxylation is 2. The van der Waals surface area contributed by atoms with Crippen molar-refractivity contribution in [2.24, 2.45) is 7.05 Å². The second-order valence-electron chi connectivity index (χ2n) is 6.99. The van der Waals surface area contributed by atoms with Crippen LogP contribution >= 0.6 is 0 Å². The van der Waals surface area contributed by atoms with Gasteiger partial charge >= 0.3 is 0 Å². The highest BCUT2D eigenvalue weighted by Gasteiger charge is 2.15. The number of aromatic nitrogens is 4. The Hall–Kier alpha value is -3.81. The molecular formula is C21H19N5O3. The highest BCUT2D eigenvalue weighted by Crippen LogP contribution is 2.36. The normalized spacial score (nSPS) is 12.5. The van der Waals surface area contributed by atoms with Crippen molar-refractivity contribution in [1.29, 1.82) is 0 Å². The minimum atomic E-state index is -0.155. The predicted octanol–water partition coefficient (Wildman–Crippen LogP) is 3.11. The molecule has 1 N–H and O–H groups in total. The maximum atomic E-state index is 12.4. The number of nitrogens with zero attached hydrogens (tertiary/aromatic N) is 4. The first-order valence-corrected chi connectivity index (χ1v) is 9.23. The van der Waals surface area contributed by atoms with E-state index >= 15 is 0 Å². The van der Waals surface area contributed by atoms with Gasteiger partial charge in [-0.2, -0.15) is 10.2 Å². The zero-order valence-corrected chi connectivity index (χ0v) is 16.0. The lowest BCUT2D eigenvalue weighted by molar-refractivity contribution is -0.116. The maximum absolute atomic E-state index is 12.4. The molecule has 8 heteroatoms. The van der Waals surface area contributed by atoms with Gasteiger partial charge in [0.15, 0.2) is 11.5 Å². The molecule has 0 radical (unpaired) electrons. The Labute approximate surface area is 166 Å². The SMILES string of the molecule is Cc1cc(NC(=O)Cn2ncc3cc(-c4ccc5c(c4)OCO5)ccc32)n(C)n1. The summed E-state index contributed by atoms with van der Waals surface area (Å²) in [6, 6.07) is 13.8. The monoisotopic (exact) mass is 389 g/mol. The van der Waals surface area contributed by atoms with Gasteiger partial charge in [0.2, 0.25) is 12.7 Å². The fourth-order valence-electron chi connectivity index (χ4n) is 3.51. The Morgan fingerprint density at radius 1 is 1.10 bits per heavy atom. The maximum Gasteiger partial charge on any atom is 0.247 e. The summed E-state index contributed by atoms with van der Waals surface area (Å²) in [6.45, 7) is 2.26. The Morgan fingerprint density at radius 2 is 1.90 bits per heavy atom. The summed E-state index contributed by atoms with van der Waals surface area (Å²) < 4.78 is 14.2. The predicted molar refractivity (Wildman–Crippen MR) is 108 cm³/mol. The van der Waals surface area contributed by atoms with Crippen LogP contribution in [-0.4, -0.2) is 32.3 Å². The molecule has 0 saturated heterocycles. The number of ether oxygens (including phenoxy) is 2. The molecule has 0 aliphatic carbocycles. The second-order valence-corrected chi connectivity index (χ2v) is 6.99. The number of hydrogen-bond donors (Lipinski definition) is 1. The van der Waals surface area contributed by atoms with Crippen LogP contribution in [0.4, 0.5) is 5.82 Å². The van der Waals surface area contributed by atoms with E-state index in [4.69, 9.17) is 9.47 Å². The molecule has 0 fully saturated rings. The molecule has 1 aliphatic heterocycles. The van der Waals surface area contributed by atoms with Crippen molar-refractivity contribution >= 4 is 22.6 Å². The molecule has 0 atom stereocenters. The van der Waals surface area contributed by atoms with E-state index in [1.54, 1.807) is 22.6 Å². The van der Waals surface area contributed by atoms with Crippen LogP contribution in [0.25, 0.3) is 22.0 Å². The first-order chi connectivity index (χ1) is 14.1. The summed E-state index contributed by atoms with van der Waals surface area (Å²) in [6.07, 6.45) is 1.77. The Morgan fingerprint density at radius 3 is 2.72 bits per heavy atom. The summed E-state index contributed by atoms with van der Waals surface area (Å²) in [5.41, 5.74) is 3.83. The van der Waals surface area contributed by atoms with E-state index in [0.717, 1.165) is 39.2 Å². The third-order valence-corrected chi connectivity index (χ3v) is 4.91. The van der Waals surface area contributed by atoms with Crippen molar-refractivity contribution in [2.75, 3.05) is 12.1 Å². The van der Waals surface area contributed by atoms with Crippen molar-refractivity contribution in [2.45, 2.75) is 13.5 Å². The second kappa shape index (κ2) is 6.66. The molecule has 2 aromatic carbocycles. The molecule has 146 valence electrons. The van der Waals surface area contributed by atoms with Gasteiger partial charge in [0.25, 0.3) is 0 Å². The quantitative estimate of drug-likeness (QED) is 0.580. The van der Waals surface area contributed by atoms with Gasteiger partial charge in [-0.25, -0.2) is 0 Å². The van der Waals surface area contributed by atoms with Gasteiger partial charge in [0.05, 0.1) is 17.4 Å². The van der Waals surface area contributed by atoms with Crippen molar-refractivity contribution in [1.82, 2.24) is 19.6 Å². The van der Waals surface area contributed by atoms with Gasteiger partial charge in [0.1, 0.15) is 12.4 Å². The zero-order valence-electron chi connectivity index (χ0n) is 16.0. The summed E-state index contributed by atoms with van der Waals surface area (Å²) in [5.74, 6) is 2.02. The first kappa shape index (κ1) is 17.3. The van der Waals surface area contributed by atoms with E-state index in [0.29, 0.717) is 5.82 Å². The molecule has 4 aromatic rings. The van der Waals surface area contributed by atoms with Crippen LogP contribution < -0.4 is 14.8 Å². The van der Waals surface area contributed by atoms with Crippen LogP contribution in [-0.2, 0) is 18.4 Å². The third kappa shape index (κ3) is 3.18. The molecule has 3 heterocycles. The molecule has 2 aromatic heterocycles. The highest BCUT2D eigenvalue weighted by atomic mass is 16.7. The van der Waals surface area contributed by atoms with Crippen LogP contribution in [0.2, 0.25) is 0 Å². The van der Waals surface area contributed by atoms with Crippen molar-refractivity contribution in [3.63, 3.8) is 0 Å². The van der Waals surface area contributed by atoms with Crippen LogP contribution in [0.1, 0.15) is 5.69 Å². The van der Waals surface area contributed by atoms with E-state index in [1.165, 1.54) is 0 Å². The lowest BCUT2D eigenvalue weighted by atomic mass is 10.0. The topological polar surface area (TPSA) is 83.2 Å². The van der Waals surface area contributed by atoms with Gasteiger partial charge in [-0.15, -0.1) is 0 Å². The van der Waals surface area contributed by atoms with E-state index in [-0.39, 0.29) is 19.2 Å². The number of anilines is 1. The summed E-state index contributed by atoms with van der Waals surface area (Å²) >= 11 is 0. The number of nitrogens with one attached hydrogen (secondary N) is 1. The van der Waals surface area contributed by atoms with Gasteiger partial charge in [-0.3, -0.25) is 14.2 Å². The molecule has 0 saturated carbocycles. The fourth-order valence-corrected chi connectivity index (χ4v) is 3.51. The molecule has 0 bridgehead atoms. The van der Waals surface area contributed by atoms with Crippen LogP contribution in [0, 0.1) is 6.92 Å². The smallest absolute Gasteiger partial charge is 0.247 e. The summed E-state index contributed by atoms with van der Waals surface area (Å²) in [5, 5.41) is 12.5. The van der Waals surface area contributed by atoms with Gasteiger partial charge in [0, 0.05) is 18.5 Å². The minimum absolute atomic E-state index is 0.122. The average molecular weight is 389 g/mol. The lowest BCUT2D eigenvalue weighted by Crippen LogP contribution is -2.20. The van der Waals surface area contributed by atoms with E-state index in [1.807, 2.05) is 43.3 Å². The Kier molecular flexibility index (Phi) is 3.97. The number of carbonyl (C=O) groups excluding carboxylic acids is 1. The van der Waals surface area contributed by atoms with E-state index in [2.05, 4.69) is 21.6 Å². The number of carbonyl (C=O) groups is 1. The largest absolute Gasteiger partial charge is 0.454 e. The number of amides is 1. The Balaban J connectivity index is 1.38. The molecule has 8 nitrogen and oxygen atoms in total. The van der Waals surface area contributed by atoms with Crippen LogP contribution in [0.15, 0.2) is 48.7 Å². The van der Waals surface area contributed by atoms with Crippen molar-refractivity contribution in [3.8, 4) is 22.6 Å². The molecular weight excluding hydrogens is 370 g/mol. The van der Waals surface area contributed by atoms with E-state index in [9.17, 15) is 4.79 Å². The third-order valence-electron chi connectivity index (χ3n) is 4.91. The molecule has 1 amide bonds. The number of fused-ring (bicyclic) bond motifs is 2. The van der Waals surface area contributed by atoms with E-state index < -0.39 is 0 Å². The van der Waals surface area contributed by atoms with Gasteiger partial charge in [-0.05, 0) is 42.3 Å². The molecule has 0 spiro atoms. The number of hydrogen-bond acceptors (Lipinski definition) is 5. The molecule has 0 unspecified atom stereocenters. The Bertz CT molecular complexity index is 1240. The summed E-state index contributed by atoms with van der Waals surface area (Å²) in [7, 11) is 1.80. The first-order valence-electron chi connectivity index (χ1n) is 9.23. The van der Waals surface area contributed by atoms with Crippen LogP contribution in [0.5, 0.6) is 11.5 Å². The molecule has 1 aliphatic rings. The minimum Gasteiger partial charge on any atom is -0.454 e.